The van der Waals surface area contributed by atoms with E-state index in [9.17, 15) is 14.4 Å². The summed E-state index contributed by atoms with van der Waals surface area (Å²) in [6.07, 6.45) is 2.81. The van der Waals surface area contributed by atoms with Crippen LogP contribution in [0.3, 0.4) is 0 Å². The number of benzene rings is 2. The molecule has 1 amide bonds. The predicted molar refractivity (Wildman–Crippen MR) is 139 cm³/mol. The van der Waals surface area contributed by atoms with Crippen molar-refractivity contribution in [3.05, 3.63) is 82.0 Å². The minimum Gasteiger partial charge on any atom is -0.465 e. The van der Waals surface area contributed by atoms with Crippen LogP contribution in [0, 0.1) is 11.8 Å². The number of para-hydroxylation sites is 2. The molecule has 3 atom stereocenters. The Labute approximate surface area is 213 Å². The molecule has 2 saturated carbocycles. The van der Waals surface area contributed by atoms with E-state index in [1.54, 1.807) is 23.5 Å². The molecule has 3 aromatic rings. The van der Waals surface area contributed by atoms with E-state index in [0.29, 0.717) is 18.4 Å². The number of thiophene rings is 1. The largest absolute Gasteiger partial charge is 0.465 e. The van der Waals surface area contributed by atoms with E-state index >= 15 is 0 Å². The number of esters is 1. The van der Waals surface area contributed by atoms with Gasteiger partial charge >= 0.3 is 5.97 Å². The van der Waals surface area contributed by atoms with Crippen LogP contribution in [0.15, 0.2) is 71.0 Å². The highest BCUT2D eigenvalue weighted by Gasteiger charge is 2.48. The average Bonchev–Trinajstić information content (AvgIpc) is 3.64. The smallest absolute Gasteiger partial charge is 0.337 e. The first-order valence-electron chi connectivity index (χ1n) is 12.3. The van der Waals surface area contributed by atoms with Crippen molar-refractivity contribution in [1.82, 2.24) is 0 Å². The predicted octanol–water partition coefficient (Wildman–Crippen LogP) is 5.87. The zero-order chi connectivity index (χ0) is 24.8. The van der Waals surface area contributed by atoms with Gasteiger partial charge in [0.1, 0.15) is 5.78 Å². The zero-order valence-corrected chi connectivity index (χ0v) is 20.7. The monoisotopic (exact) mass is 498 g/mol. The number of Topliss-reactive ketones (excluding diaryl/α,β-unsaturated/α-hetero) is 1. The summed E-state index contributed by atoms with van der Waals surface area (Å²) in [7, 11) is 1.35. The van der Waals surface area contributed by atoms with E-state index in [1.807, 2.05) is 52.7 Å². The Balaban J connectivity index is 1.50. The van der Waals surface area contributed by atoms with Crippen molar-refractivity contribution >= 4 is 46.1 Å². The molecule has 1 aliphatic heterocycles. The number of carbonyl (C=O) groups excluding carboxylic acids is 3. The molecule has 0 radical (unpaired) electrons. The van der Waals surface area contributed by atoms with Crippen LogP contribution in [0.25, 0.3) is 0 Å². The maximum atomic E-state index is 13.9. The van der Waals surface area contributed by atoms with Gasteiger partial charge in [-0.25, -0.2) is 4.79 Å². The molecular formula is C29H26N2O4S. The number of aliphatic imine (C=N–C) groups is 1. The van der Waals surface area contributed by atoms with Crippen molar-refractivity contribution in [2.75, 3.05) is 12.0 Å². The minimum absolute atomic E-state index is 0.0333. The Morgan fingerprint density at radius 1 is 1.00 bits per heavy atom. The number of nitrogens with zero attached hydrogens (tertiary/aromatic N) is 2. The summed E-state index contributed by atoms with van der Waals surface area (Å²) in [6.45, 7) is 0. The molecule has 0 N–H and O–H groups in total. The fraction of sp³-hybridized carbons (Fsp3) is 0.310. The molecule has 0 saturated heterocycles. The topological polar surface area (TPSA) is 76.0 Å². The van der Waals surface area contributed by atoms with Crippen LogP contribution in [0.5, 0.6) is 0 Å². The molecule has 2 aromatic carbocycles. The number of methoxy groups -OCH3 is 1. The fourth-order valence-corrected chi connectivity index (χ4v) is 6.31. The third-order valence-corrected chi connectivity index (χ3v) is 8.43. The molecule has 0 spiro atoms. The Morgan fingerprint density at radius 3 is 2.47 bits per heavy atom. The summed E-state index contributed by atoms with van der Waals surface area (Å²) in [5.74, 6) is -0.772. The Kier molecular flexibility index (Phi) is 5.80. The maximum Gasteiger partial charge on any atom is 0.337 e. The van der Waals surface area contributed by atoms with Crippen LogP contribution in [-0.2, 0) is 14.3 Å². The molecule has 0 bridgehead atoms. The third kappa shape index (κ3) is 3.97. The lowest BCUT2D eigenvalue weighted by Gasteiger charge is -2.39. The van der Waals surface area contributed by atoms with E-state index < -0.39 is 17.9 Å². The van der Waals surface area contributed by atoms with Gasteiger partial charge in [-0.1, -0.05) is 30.3 Å². The number of fused-ring (bicyclic) bond motifs is 2. The lowest BCUT2D eigenvalue weighted by Crippen LogP contribution is -2.46. The normalized spacial score (nSPS) is 23.2. The number of rotatable bonds is 4. The molecule has 7 heteroatoms. The summed E-state index contributed by atoms with van der Waals surface area (Å²) in [5, 5.41) is 2.04. The third-order valence-electron chi connectivity index (χ3n) is 7.39. The summed E-state index contributed by atoms with van der Waals surface area (Å²) >= 11 is 1.67. The highest BCUT2D eigenvalue weighted by Crippen LogP contribution is 2.49. The van der Waals surface area contributed by atoms with Gasteiger partial charge in [0.05, 0.1) is 36.0 Å². The number of anilines is 1. The number of amides is 1. The molecule has 2 aliphatic carbocycles. The second-order valence-electron chi connectivity index (χ2n) is 9.70. The Morgan fingerprint density at radius 2 is 1.78 bits per heavy atom. The van der Waals surface area contributed by atoms with Crippen molar-refractivity contribution < 1.29 is 19.1 Å². The SMILES string of the molecule is COC(=O)c1ccc([C@H]2[C@@H]3C(=O)C[C@@H](c4cccs4)CC3=Nc3ccccc3N2C(=O)C2CC2)cc1. The molecule has 36 heavy (non-hydrogen) atoms. The summed E-state index contributed by atoms with van der Waals surface area (Å²) in [4.78, 5) is 47.8. The molecule has 2 fully saturated rings. The summed E-state index contributed by atoms with van der Waals surface area (Å²) in [5.41, 5.74) is 3.52. The van der Waals surface area contributed by atoms with Gasteiger partial charge in [-0.05, 0) is 60.5 Å². The van der Waals surface area contributed by atoms with E-state index in [-0.39, 0.29) is 23.5 Å². The molecule has 2 heterocycles. The standard InChI is InChI=1S/C29H26N2O4S/c1-35-29(34)19-12-8-17(9-13-19)27-26-22(15-20(16-24(26)32)25-7-4-14-36-25)30-21-5-2-3-6-23(21)31(27)28(33)18-10-11-18/h2-9,12-14,18,20,26-27H,10-11,15-16H2,1H3/t20-,26-,27-/m0/s1. The van der Waals surface area contributed by atoms with Gasteiger partial charge in [-0.3, -0.25) is 14.6 Å². The van der Waals surface area contributed by atoms with Gasteiger partial charge in [0, 0.05) is 28.8 Å². The summed E-state index contributed by atoms with van der Waals surface area (Å²) < 4.78 is 4.86. The lowest BCUT2D eigenvalue weighted by molar-refractivity contribution is -0.123. The first kappa shape index (κ1) is 22.9. The molecule has 3 aliphatic rings. The van der Waals surface area contributed by atoms with Gasteiger partial charge in [-0.15, -0.1) is 11.3 Å². The van der Waals surface area contributed by atoms with Gasteiger partial charge in [-0.2, -0.15) is 0 Å². The van der Waals surface area contributed by atoms with Crippen LogP contribution in [0.1, 0.15) is 58.4 Å². The van der Waals surface area contributed by atoms with Crippen molar-refractivity contribution in [3.8, 4) is 0 Å². The number of ketones is 1. The highest BCUT2D eigenvalue weighted by molar-refractivity contribution is 7.10. The molecule has 1 aromatic heterocycles. The number of hydrogen-bond acceptors (Lipinski definition) is 6. The van der Waals surface area contributed by atoms with Crippen LogP contribution in [-0.4, -0.2) is 30.5 Å². The molecule has 6 rings (SSSR count). The quantitative estimate of drug-likeness (QED) is 0.422. The van der Waals surface area contributed by atoms with E-state index in [0.717, 1.165) is 35.5 Å². The average molecular weight is 499 g/mol. The fourth-order valence-electron chi connectivity index (χ4n) is 5.48. The summed E-state index contributed by atoms with van der Waals surface area (Å²) in [6, 6.07) is 18.4. The minimum atomic E-state index is -0.541. The van der Waals surface area contributed by atoms with Gasteiger partial charge in [0.25, 0.3) is 0 Å². The molecule has 182 valence electrons. The Hall–Kier alpha value is -3.58. The van der Waals surface area contributed by atoms with Crippen molar-refractivity contribution in [2.24, 2.45) is 16.8 Å². The lowest BCUT2D eigenvalue weighted by atomic mass is 9.73. The van der Waals surface area contributed by atoms with E-state index in [2.05, 4.69) is 6.07 Å². The first-order valence-corrected chi connectivity index (χ1v) is 13.2. The molecular weight excluding hydrogens is 472 g/mol. The van der Waals surface area contributed by atoms with Crippen molar-refractivity contribution in [1.29, 1.82) is 0 Å². The second kappa shape index (κ2) is 9.13. The van der Waals surface area contributed by atoms with Gasteiger partial charge in [0.15, 0.2) is 0 Å². The molecule has 6 nitrogen and oxygen atoms in total. The van der Waals surface area contributed by atoms with Crippen LogP contribution < -0.4 is 4.90 Å². The zero-order valence-electron chi connectivity index (χ0n) is 19.9. The van der Waals surface area contributed by atoms with Gasteiger partial charge in [0.2, 0.25) is 5.91 Å². The van der Waals surface area contributed by atoms with Crippen LogP contribution >= 0.6 is 11.3 Å². The number of carbonyl (C=O) groups is 3. The Bertz CT molecular complexity index is 1360. The maximum absolute atomic E-state index is 13.9. The van der Waals surface area contributed by atoms with E-state index in [4.69, 9.17) is 9.73 Å². The number of hydrogen-bond donors (Lipinski definition) is 0. The second-order valence-corrected chi connectivity index (χ2v) is 10.7. The van der Waals surface area contributed by atoms with Crippen molar-refractivity contribution in [3.63, 3.8) is 0 Å². The van der Waals surface area contributed by atoms with Gasteiger partial charge < -0.3 is 9.64 Å². The first-order chi connectivity index (χ1) is 17.5. The van der Waals surface area contributed by atoms with Crippen LogP contribution in [0.4, 0.5) is 11.4 Å². The van der Waals surface area contributed by atoms with Crippen molar-refractivity contribution in [2.45, 2.75) is 37.6 Å². The molecule has 0 unspecified atom stereocenters. The van der Waals surface area contributed by atoms with Crippen LogP contribution in [0.2, 0.25) is 0 Å². The van der Waals surface area contributed by atoms with E-state index in [1.165, 1.54) is 12.0 Å². The number of ether oxygens (including phenoxy) is 1. The highest BCUT2D eigenvalue weighted by atomic mass is 32.1.